The maximum absolute atomic E-state index is 13.1. The first kappa shape index (κ1) is 20.6. The quantitative estimate of drug-likeness (QED) is 0.659. The number of nitrogens with zero attached hydrogens (tertiary/aromatic N) is 3. The number of rotatable bonds is 6. The first-order valence-corrected chi connectivity index (χ1v) is 10.1. The van der Waals surface area contributed by atoms with E-state index < -0.39 is 0 Å². The molecule has 0 saturated carbocycles. The third-order valence-electron chi connectivity index (χ3n) is 5.41. The summed E-state index contributed by atoms with van der Waals surface area (Å²) < 4.78 is 10.6. The van der Waals surface area contributed by atoms with Crippen molar-refractivity contribution in [2.45, 2.75) is 25.3 Å². The molecule has 0 bridgehead atoms. The number of methoxy groups -OCH3 is 2. The van der Waals surface area contributed by atoms with Crippen LogP contribution in [0, 0.1) is 0 Å². The van der Waals surface area contributed by atoms with E-state index in [4.69, 9.17) is 9.47 Å². The number of H-pyrrole nitrogens is 1. The summed E-state index contributed by atoms with van der Waals surface area (Å²) in [5, 5.41) is 0. The highest BCUT2D eigenvalue weighted by Crippen LogP contribution is 2.32. The number of pyridine rings is 1. The maximum atomic E-state index is 13.1. The molecule has 31 heavy (non-hydrogen) atoms. The van der Waals surface area contributed by atoms with Crippen molar-refractivity contribution < 1.29 is 14.3 Å². The summed E-state index contributed by atoms with van der Waals surface area (Å²) in [7, 11) is 3.14. The molecule has 0 aliphatic carbocycles. The molecule has 1 aromatic carbocycles. The van der Waals surface area contributed by atoms with Crippen LogP contribution < -0.4 is 15.0 Å². The monoisotopic (exact) mass is 420 g/mol. The number of ether oxygens (including phenoxy) is 2. The van der Waals surface area contributed by atoms with Gasteiger partial charge < -0.3 is 19.4 Å². The predicted molar refractivity (Wildman–Crippen MR) is 115 cm³/mol. The molecule has 1 saturated heterocycles. The molecule has 1 N–H and O–H groups in total. The molecular weight excluding hydrogens is 396 g/mol. The highest BCUT2D eigenvalue weighted by Gasteiger charge is 2.32. The number of carbonyl (C=O) groups is 1. The van der Waals surface area contributed by atoms with Gasteiger partial charge in [0.05, 0.1) is 32.4 Å². The summed E-state index contributed by atoms with van der Waals surface area (Å²) >= 11 is 0. The summed E-state index contributed by atoms with van der Waals surface area (Å²) in [6, 6.07) is 10.3. The minimum atomic E-state index is -0.267. The average molecular weight is 420 g/mol. The summed E-state index contributed by atoms with van der Waals surface area (Å²) in [5.74, 6) is 1.68. The van der Waals surface area contributed by atoms with Gasteiger partial charge in [-0.25, -0.2) is 4.98 Å². The van der Waals surface area contributed by atoms with Gasteiger partial charge in [0.2, 0.25) is 5.91 Å². The minimum absolute atomic E-state index is 0.0239. The number of benzene rings is 1. The Balaban J connectivity index is 1.58. The van der Waals surface area contributed by atoms with Crippen LogP contribution in [0.2, 0.25) is 0 Å². The number of amides is 1. The van der Waals surface area contributed by atoms with Crippen molar-refractivity contribution in [3.8, 4) is 22.8 Å². The number of nitrogens with one attached hydrogen (secondary N) is 1. The third kappa shape index (κ3) is 4.42. The summed E-state index contributed by atoms with van der Waals surface area (Å²) in [6.45, 7) is 0.623. The average Bonchev–Trinajstić information content (AvgIpc) is 3.29. The van der Waals surface area contributed by atoms with Gasteiger partial charge in [-0.3, -0.25) is 14.6 Å². The van der Waals surface area contributed by atoms with E-state index in [9.17, 15) is 9.59 Å². The minimum Gasteiger partial charge on any atom is -0.493 e. The molecule has 0 radical (unpaired) electrons. The number of hydrogen-bond acceptors (Lipinski definition) is 6. The molecule has 2 aromatic heterocycles. The fourth-order valence-corrected chi connectivity index (χ4v) is 3.91. The molecule has 3 heterocycles. The molecule has 8 nitrogen and oxygen atoms in total. The smallest absolute Gasteiger partial charge is 0.251 e. The van der Waals surface area contributed by atoms with E-state index in [1.807, 2.05) is 18.2 Å². The van der Waals surface area contributed by atoms with E-state index in [-0.39, 0.29) is 23.9 Å². The van der Waals surface area contributed by atoms with E-state index in [0.717, 1.165) is 24.0 Å². The second-order valence-electron chi connectivity index (χ2n) is 7.37. The van der Waals surface area contributed by atoms with Crippen LogP contribution in [0.25, 0.3) is 11.3 Å². The van der Waals surface area contributed by atoms with Crippen molar-refractivity contribution in [1.29, 1.82) is 0 Å². The van der Waals surface area contributed by atoms with E-state index in [2.05, 4.69) is 15.0 Å². The number of likely N-dealkylation sites (tertiary alicyclic amines) is 1. The largest absolute Gasteiger partial charge is 0.493 e. The van der Waals surface area contributed by atoms with E-state index in [0.29, 0.717) is 29.6 Å². The van der Waals surface area contributed by atoms with Gasteiger partial charge in [0.1, 0.15) is 5.82 Å². The van der Waals surface area contributed by atoms with E-state index in [1.54, 1.807) is 43.6 Å². The van der Waals surface area contributed by atoms with Crippen LogP contribution in [0.4, 0.5) is 0 Å². The van der Waals surface area contributed by atoms with Gasteiger partial charge >= 0.3 is 0 Å². The van der Waals surface area contributed by atoms with E-state index >= 15 is 0 Å². The Kier molecular flexibility index (Phi) is 5.97. The van der Waals surface area contributed by atoms with Crippen LogP contribution >= 0.6 is 0 Å². The molecule has 3 aromatic rings. The van der Waals surface area contributed by atoms with Gasteiger partial charge in [0, 0.05) is 30.6 Å². The van der Waals surface area contributed by atoms with Crippen molar-refractivity contribution in [3.63, 3.8) is 0 Å². The highest BCUT2D eigenvalue weighted by atomic mass is 16.5. The Bertz CT molecular complexity index is 1130. The van der Waals surface area contributed by atoms with Gasteiger partial charge in [-0.15, -0.1) is 0 Å². The Morgan fingerprint density at radius 2 is 2.03 bits per heavy atom. The fourth-order valence-electron chi connectivity index (χ4n) is 3.91. The van der Waals surface area contributed by atoms with Gasteiger partial charge in [0.15, 0.2) is 11.5 Å². The van der Waals surface area contributed by atoms with Crippen molar-refractivity contribution in [1.82, 2.24) is 19.9 Å². The number of aromatic amines is 1. The molecule has 1 fully saturated rings. The summed E-state index contributed by atoms with van der Waals surface area (Å²) in [4.78, 5) is 38.8. The van der Waals surface area contributed by atoms with Crippen molar-refractivity contribution in [2.24, 2.45) is 0 Å². The van der Waals surface area contributed by atoms with E-state index in [1.165, 1.54) is 6.07 Å². The molecule has 0 spiro atoms. The molecule has 4 rings (SSSR count). The first-order valence-electron chi connectivity index (χ1n) is 10.1. The standard InChI is InChI=1S/C23H24N4O4/c1-30-19-8-7-15(11-20(19)31-2)12-22(29)27-10-4-6-18(27)23-25-17(13-21(28)26-23)16-5-3-9-24-14-16/h3,5,7-9,11,13-14,18H,4,6,10,12H2,1-2H3,(H,25,26,28). The molecule has 8 heteroatoms. The molecule has 160 valence electrons. The molecule has 1 atom stereocenters. The number of aromatic nitrogens is 3. The molecule has 1 aliphatic rings. The zero-order valence-electron chi connectivity index (χ0n) is 17.5. The van der Waals surface area contributed by atoms with Crippen molar-refractivity contribution in [2.75, 3.05) is 20.8 Å². The fraction of sp³-hybridized carbons (Fsp3) is 0.304. The Labute approximate surface area is 179 Å². The lowest BCUT2D eigenvalue weighted by molar-refractivity contribution is -0.131. The Hall–Kier alpha value is -3.68. The van der Waals surface area contributed by atoms with Crippen molar-refractivity contribution in [3.05, 3.63) is 70.5 Å². The molecule has 1 aliphatic heterocycles. The van der Waals surface area contributed by atoms with Crippen LogP contribution in [-0.4, -0.2) is 46.5 Å². The number of hydrogen-bond donors (Lipinski definition) is 1. The lowest BCUT2D eigenvalue weighted by atomic mass is 10.1. The summed E-state index contributed by atoms with van der Waals surface area (Å²) in [6.07, 6.45) is 5.16. The zero-order chi connectivity index (χ0) is 21.8. The molecule has 1 amide bonds. The van der Waals surface area contributed by atoms with Gasteiger partial charge in [-0.05, 0) is 42.7 Å². The number of carbonyl (C=O) groups excluding carboxylic acids is 1. The van der Waals surface area contributed by atoms with Gasteiger partial charge in [-0.1, -0.05) is 6.07 Å². The van der Waals surface area contributed by atoms with Crippen molar-refractivity contribution >= 4 is 5.91 Å². The maximum Gasteiger partial charge on any atom is 0.251 e. The zero-order valence-corrected chi connectivity index (χ0v) is 17.5. The first-order chi connectivity index (χ1) is 15.1. The SMILES string of the molecule is COc1ccc(CC(=O)N2CCCC2c2nc(-c3cccnc3)cc(=O)[nH]2)cc1OC. The predicted octanol–water partition coefficient (Wildman–Crippen LogP) is 2.76. The van der Waals surface area contributed by atoms with Crippen LogP contribution in [0.5, 0.6) is 11.5 Å². The second kappa shape index (κ2) is 8.99. The van der Waals surface area contributed by atoms with Crippen LogP contribution in [0.3, 0.4) is 0 Å². The van der Waals surface area contributed by atoms with Crippen LogP contribution in [0.1, 0.15) is 30.3 Å². The van der Waals surface area contributed by atoms with Gasteiger partial charge in [-0.2, -0.15) is 0 Å². The Morgan fingerprint density at radius 3 is 2.77 bits per heavy atom. The Morgan fingerprint density at radius 1 is 1.19 bits per heavy atom. The lowest BCUT2D eigenvalue weighted by Crippen LogP contribution is -2.33. The van der Waals surface area contributed by atoms with Gasteiger partial charge in [0.25, 0.3) is 5.56 Å². The summed E-state index contributed by atoms with van der Waals surface area (Å²) in [5.41, 5.74) is 1.89. The third-order valence-corrected chi connectivity index (χ3v) is 5.41. The lowest BCUT2D eigenvalue weighted by Gasteiger charge is -2.24. The molecular formula is C23H24N4O4. The molecule has 1 unspecified atom stereocenters. The van der Waals surface area contributed by atoms with Crippen LogP contribution in [-0.2, 0) is 11.2 Å². The topological polar surface area (TPSA) is 97.4 Å². The normalized spacial score (nSPS) is 15.7. The highest BCUT2D eigenvalue weighted by molar-refractivity contribution is 5.79. The van der Waals surface area contributed by atoms with Crippen LogP contribution in [0.15, 0.2) is 53.6 Å². The second-order valence-corrected chi connectivity index (χ2v) is 7.37.